The van der Waals surface area contributed by atoms with Crippen LogP contribution < -0.4 is 15.0 Å². The van der Waals surface area contributed by atoms with Gasteiger partial charge in [0.25, 0.3) is 5.91 Å². The lowest BCUT2D eigenvalue weighted by molar-refractivity contribution is -0.124. The molecule has 0 bridgehead atoms. The summed E-state index contributed by atoms with van der Waals surface area (Å²) in [5.41, 5.74) is 2.66. The van der Waals surface area contributed by atoms with Gasteiger partial charge < -0.3 is 20.3 Å². The Balaban J connectivity index is 1.31. The summed E-state index contributed by atoms with van der Waals surface area (Å²) in [6.07, 6.45) is 1.09. The van der Waals surface area contributed by atoms with Crippen LogP contribution in [0.5, 0.6) is 11.5 Å². The number of aliphatic imine (C=N–C) groups is 1. The molecule has 1 amide bonds. The minimum atomic E-state index is -1.20. The molecule has 3 N–H and O–H groups in total. The number of rotatable bonds is 11. The zero-order valence-corrected chi connectivity index (χ0v) is 22.4. The number of aliphatic hydroxyl groups excluding tert-OH is 2. The first-order valence-electron chi connectivity index (χ1n) is 12.7. The summed E-state index contributed by atoms with van der Waals surface area (Å²) < 4.78 is 33.3. The van der Waals surface area contributed by atoms with Crippen LogP contribution in [0.15, 0.2) is 41.4 Å². The van der Waals surface area contributed by atoms with E-state index in [1.54, 1.807) is 12.1 Å². The molecule has 0 aromatic heterocycles. The highest BCUT2D eigenvalue weighted by Crippen LogP contribution is 2.32. The Kier molecular flexibility index (Phi) is 9.14. The molecular formula is C27H34FN3O6S. The fourth-order valence-electron chi connectivity index (χ4n) is 4.88. The molecule has 2 unspecified atom stereocenters. The van der Waals surface area contributed by atoms with E-state index < -0.39 is 22.6 Å². The molecule has 2 aliphatic rings. The number of aliphatic hydroxyl groups is 2. The highest BCUT2D eigenvalue weighted by atomic mass is 32.2. The molecule has 206 valence electrons. The number of hydrogen-bond donors (Lipinski definition) is 3. The molecule has 1 fully saturated rings. The van der Waals surface area contributed by atoms with Gasteiger partial charge in [-0.3, -0.25) is 14.7 Å². The Labute approximate surface area is 224 Å². The second-order valence-electron chi connectivity index (χ2n) is 9.79. The SMILES string of the molecule is Cc1cc(CCS(=O)N2CCC3(CC2)N=C(c2cccc(OF)c2)NC3=O)cc(C)c1OCCC(O)CO. The lowest BCUT2D eigenvalue weighted by Crippen LogP contribution is -2.49. The van der Waals surface area contributed by atoms with Crippen molar-refractivity contribution in [1.82, 2.24) is 9.62 Å². The maximum Gasteiger partial charge on any atom is 0.253 e. The average molecular weight is 548 g/mol. The van der Waals surface area contributed by atoms with Crippen LogP contribution in [-0.2, 0) is 22.2 Å². The topological polar surface area (TPSA) is 121 Å². The number of carbonyl (C=O) groups is 1. The normalized spacial score (nSPS) is 18.7. The van der Waals surface area contributed by atoms with Crippen LogP contribution in [0.25, 0.3) is 0 Å². The van der Waals surface area contributed by atoms with Crippen LogP contribution in [-0.4, -0.2) is 74.2 Å². The molecule has 11 heteroatoms. The third-order valence-corrected chi connectivity index (χ3v) is 8.50. The van der Waals surface area contributed by atoms with E-state index in [4.69, 9.17) is 9.84 Å². The molecule has 1 spiro atoms. The second-order valence-corrected chi connectivity index (χ2v) is 11.4. The summed E-state index contributed by atoms with van der Waals surface area (Å²) in [6, 6.07) is 10.4. The van der Waals surface area contributed by atoms with E-state index in [9.17, 15) is 18.6 Å². The Hall–Kier alpha value is -2.86. The van der Waals surface area contributed by atoms with E-state index in [-0.39, 0.29) is 18.3 Å². The number of benzene rings is 2. The quantitative estimate of drug-likeness (QED) is 0.397. The van der Waals surface area contributed by atoms with Crippen molar-refractivity contribution in [1.29, 1.82) is 0 Å². The number of amides is 1. The molecule has 4 rings (SSSR count). The minimum Gasteiger partial charge on any atom is -0.493 e. The van der Waals surface area contributed by atoms with Gasteiger partial charge in [-0.25, -0.2) is 8.51 Å². The predicted molar refractivity (Wildman–Crippen MR) is 142 cm³/mol. The Morgan fingerprint density at radius 2 is 1.92 bits per heavy atom. The Morgan fingerprint density at radius 3 is 2.58 bits per heavy atom. The molecule has 38 heavy (non-hydrogen) atoms. The van der Waals surface area contributed by atoms with E-state index in [0.29, 0.717) is 62.5 Å². The maximum absolute atomic E-state index is 13.1. The highest BCUT2D eigenvalue weighted by molar-refractivity contribution is 7.82. The van der Waals surface area contributed by atoms with Crippen molar-refractivity contribution < 1.29 is 33.4 Å². The van der Waals surface area contributed by atoms with Crippen molar-refractivity contribution in [2.45, 2.75) is 51.2 Å². The molecule has 2 aromatic carbocycles. The van der Waals surface area contributed by atoms with Crippen LogP contribution in [0.1, 0.15) is 41.5 Å². The number of ether oxygens (including phenoxy) is 1. The molecule has 2 aromatic rings. The van der Waals surface area contributed by atoms with Crippen LogP contribution in [0, 0.1) is 13.8 Å². The Morgan fingerprint density at radius 1 is 1.21 bits per heavy atom. The fourth-order valence-corrected chi connectivity index (χ4v) is 6.14. The minimum absolute atomic E-state index is 0.0380. The smallest absolute Gasteiger partial charge is 0.253 e. The van der Waals surface area contributed by atoms with Crippen molar-refractivity contribution in [2.24, 2.45) is 4.99 Å². The summed E-state index contributed by atoms with van der Waals surface area (Å²) in [4.78, 5) is 21.3. The second kappa shape index (κ2) is 12.3. The number of piperidine rings is 1. The molecule has 2 aliphatic heterocycles. The molecule has 0 radical (unpaired) electrons. The van der Waals surface area contributed by atoms with Gasteiger partial charge in [-0.2, -0.15) is 0 Å². The third-order valence-electron chi connectivity index (χ3n) is 7.01. The number of halogens is 1. The predicted octanol–water partition coefficient (Wildman–Crippen LogP) is 2.31. The summed E-state index contributed by atoms with van der Waals surface area (Å²) >= 11 is 0. The summed E-state index contributed by atoms with van der Waals surface area (Å²) in [5, 5.41) is 21.2. The highest BCUT2D eigenvalue weighted by Gasteiger charge is 2.46. The van der Waals surface area contributed by atoms with Gasteiger partial charge in [-0.05, 0) is 61.9 Å². The largest absolute Gasteiger partial charge is 0.493 e. The van der Waals surface area contributed by atoms with Crippen molar-refractivity contribution >= 4 is 22.7 Å². The lowest BCUT2D eigenvalue weighted by Gasteiger charge is -2.34. The molecule has 0 saturated carbocycles. The first-order valence-corrected chi connectivity index (χ1v) is 14.0. The molecule has 0 aliphatic carbocycles. The number of carbonyl (C=O) groups excluding carboxylic acids is 1. The number of aryl methyl sites for hydroxylation is 3. The van der Waals surface area contributed by atoms with E-state index >= 15 is 0 Å². The van der Waals surface area contributed by atoms with Gasteiger partial charge in [0.05, 0.1) is 30.3 Å². The first-order chi connectivity index (χ1) is 18.2. The monoisotopic (exact) mass is 547 g/mol. The maximum atomic E-state index is 13.1. The average Bonchev–Trinajstić information content (AvgIpc) is 3.24. The van der Waals surface area contributed by atoms with Gasteiger partial charge >= 0.3 is 0 Å². The van der Waals surface area contributed by atoms with Crippen LogP contribution in [0.4, 0.5) is 4.53 Å². The zero-order valence-electron chi connectivity index (χ0n) is 21.6. The van der Waals surface area contributed by atoms with Gasteiger partial charge in [0.2, 0.25) is 0 Å². The van der Waals surface area contributed by atoms with Crippen LogP contribution in [0.3, 0.4) is 0 Å². The summed E-state index contributed by atoms with van der Waals surface area (Å²) in [5.74, 6) is 1.47. The molecule has 2 heterocycles. The lowest BCUT2D eigenvalue weighted by atomic mass is 9.89. The van der Waals surface area contributed by atoms with Crippen molar-refractivity contribution in [3.05, 3.63) is 58.7 Å². The zero-order chi connectivity index (χ0) is 27.3. The van der Waals surface area contributed by atoms with Crippen LogP contribution in [0.2, 0.25) is 0 Å². The van der Waals surface area contributed by atoms with E-state index in [2.05, 4.69) is 15.3 Å². The third kappa shape index (κ3) is 6.40. The Bertz CT molecular complexity index is 1190. The van der Waals surface area contributed by atoms with Crippen molar-refractivity contribution in [3.63, 3.8) is 0 Å². The number of nitrogens with zero attached hydrogens (tertiary/aromatic N) is 2. The van der Waals surface area contributed by atoms with Gasteiger partial charge in [0, 0.05) is 35.4 Å². The molecule has 1 saturated heterocycles. The molecule has 2 atom stereocenters. The number of nitrogens with one attached hydrogen (secondary N) is 1. The molecule has 9 nitrogen and oxygen atoms in total. The van der Waals surface area contributed by atoms with E-state index in [1.165, 1.54) is 12.1 Å². The summed E-state index contributed by atoms with van der Waals surface area (Å²) in [7, 11) is -1.20. The van der Waals surface area contributed by atoms with Gasteiger partial charge in [0.1, 0.15) is 17.1 Å². The molecular weight excluding hydrogens is 513 g/mol. The number of amidine groups is 1. The van der Waals surface area contributed by atoms with E-state index in [0.717, 1.165) is 22.4 Å². The first kappa shape index (κ1) is 28.2. The fraction of sp³-hybridized carbons (Fsp3) is 0.481. The van der Waals surface area contributed by atoms with E-state index in [1.807, 2.05) is 30.3 Å². The van der Waals surface area contributed by atoms with Gasteiger partial charge in [0.15, 0.2) is 5.75 Å². The van der Waals surface area contributed by atoms with Crippen molar-refractivity contribution in [3.8, 4) is 11.5 Å². The van der Waals surface area contributed by atoms with Crippen LogP contribution >= 0.6 is 0 Å². The van der Waals surface area contributed by atoms with Gasteiger partial charge in [-0.1, -0.05) is 24.3 Å². The number of hydrogen-bond acceptors (Lipinski definition) is 7. The standard InChI is InChI=1S/C27H34FN3O6S/c1-18-14-20(15-19(2)24(18)36-12-6-22(33)17-32)7-13-38(35)31-10-8-27(9-11-31)26(34)29-25(30-27)21-4-3-5-23(16-21)37-28/h3-5,14-16,22,32-33H,6-13,17H2,1-2H3,(H,29,30,34). The summed E-state index contributed by atoms with van der Waals surface area (Å²) in [6.45, 7) is 4.90. The van der Waals surface area contributed by atoms with Gasteiger partial charge in [-0.15, -0.1) is 0 Å². The van der Waals surface area contributed by atoms with Crippen molar-refractivity contribution in [2.75, 3.05) is 32.1 Å².